The van der Waals surface area contributed by atoms with E-state index in [9.17, 15) is 9.59 Å². The first-order valence-corrected chi connectivity index (χ1v) is 9.23. The van der Waals surface area contributed by atoms with Gasteiger partial charge in [-0.25, -0.2) is 0 Å². The van der Waals surface area contributed by atoms with Gasteiger partial charge in [0.1, 0.15) is 11.4 Å². The lowest BCUT2D eigenvalue weighted by atomic mass is 10.1. The summed E-state index contributed by atoms with van der Waals surface area (Å²) in [5, 5.41) is 2.82. The van der Waals surface area contributed by atoms with Gasteiger partial charge in [-0.2, -0.15) is 0 Å². The summed E-state index contributed by atoms with van der Waals surface area (Å²) in [6.07, 6.45) is 1.48. The Morgan fingerprint density at radius 3 is 2.41 bits per heavy atom. The molecule has 0 spiro atoms. The van der Waals surface area contributed by atoms with Crippen LogP contribution in [0.3, 0.4) is 0 Å². The van der Waals surface area contributed by atoms with Crippen LogP contribution in [-0.2, 0) is 13.1 Å². The molecule has 0 bridgehead atoms. The number of hydrogen-bond donors (Lipinski definition) is 1. The number of carbonyl (C=O) groups excluding carboxylic acids is 2. The molecule has 1 aromatic heterocycles. The van der Waals surface area contributed by atoms with Crippen LogP contribution in [0, 0.1) is 0 Å². The molecule has 0 aliphatic carbocycles. The van der Waals surface area contributed by atoms with Crippen molar-refractivity contribution < 1.29 is 14.3 Å². The molecule has 1 heterocycles. The predicted molar refractivity (Wildman–Crippen MR) is 111 cm³/mol. The molecule has 0 aliphatic heterocycles. The number of ether oxygens (including phenoxy) is 1. The van der Waals surface area contributed by atoms with Crippen molar-refractivity contribution in [1.29, 1.82) is 0 Å². The van der Waals surface area contributed by atoms with Crippen LogP contribution in [0.2, 0.25) is 0 Å². The Morgan fingerprint density at radius 1 is 1.00 bits per heavy atom. The number of methoxy groups -OCH3 is 1. The summed E-state index contributed by atoms with van der Waals surface area (Å²) in [4.78, 5) is 30.9. The number of pyridine rings is 1. The Balaban J connectivity index is 1.62. The Labute approximate surface area is 170 Å². The summed E-state index contributed by atoms with van der Waals surface area (Å²) in [7, 11) is 3.34. The Kier molecular flexibility index (Phi) is 6.58. The van der Waals surface area contributed by atoms with Crippen molar-refractivity contribution in [2.75, 3.05) is 14.2 Å². The van der Waals surface area contributed by atoms with Gasteiger partial charge in [0.25, 0.3) is 11.8 Å². The number of nitrogens with one attached hydrogen (secondary N) is 1. The molecule has 0 atom stereocenters. The normalized spacial score (nSPS) is 10.3. The monoisotopic (exact) mass is 389 g/mol. The van der Waals surface area contributed by atoms with E-state index in [-0.39, 0.29) is 17.5 Å². The Hall–Kier alpha value is -3.67. The zero-order valence-corrected chi connectivity index (χ0v) is 16.5. The van der Waals surface area contributed by atoms with E-state index in [4.69, 9.17) is 4.74 Å². The van der Waals surface area contributed by atoms with Gasteiger partial charge in [-0.05, 0) is 35.4 Å². The summed E-state index contributed by atoms with van der Waals surface area (Å²) < 4.78 is 5.12. The molecule has 0 saturated carbocycles. The zero-order valence-electron chi connectivity index (χ0n) is 16.5. The van der Waals surface area contributed by atoms with E-state index in [0.29, 0.717) is 18.7 Å². The van der Waals surface area contributed by atoms with Gasteiger partial charge in [-0.1, -0.05) is 42.5 Å². The van der Waals surface area contributed by atoms with Crippen molar-refractivity contribution in [3.63, 3.8) is 0 Å². The maximum atomic E-state index is 12.7. The molecule has 0 unspecified atom stereocenters. The number of rotatable bonds is 7. The predicted octanol–water partition coefficient (Wildman–Crippen LogP) is 3.29. The van der Waals surface area contributed by atoms with E-state index in [1.54, 1.807) is 25.1 Å². The third-order valence-corrected chi connectivity index (χ3v) is 4.46. The summed E-state index contributed by atoms with van der Waals surface area (Å²) in [5.41, 5.74) is 2.61. The van der Waals surface area contributed by atoms with Gasteiger partial charge in [-0.15, -0.1) is 0 Å². The van der Waals surface area contributed by atoms with Crippen LogP contribution in [0.25, 0.3) is 0 Å². The molecule has 0 aliphatic rings. The fourth-order valence-electron chi connectivity index (χ4n) is 2.85. The number of aromatic nitrogens is 1. The molecule has 6 nitrogen and oxygen atoms in total. The number of amides is 2. The van der Waals surface area contributed by atoms with E-state index in [0.717, 1.165) is 16.9 Å². The Bertz CT molecular complexity index is 972. The maximum Gasteiger partial charge on any atom is 0.270 e. The summed E-state index contributed by atoms with van der Waals surface area (Å²) in [6, 6.07) is 20.3. The van der Waals surface area contributed by atoms with Crippen molar-refractivity contribution in [1.82, 2.24) is 15.2 Å². The third-order valence-electron chi connectivity index (χ3n) is 4.46. The van der Waals surface area contributed by atoms with Crippen molar-refractivity contribution >= 4 is 11.8 Å². The molecule has 6 heteroatoms. The lowest BCUT2D eigenvalue weighted by Crippen LogP contribution is -2.27. The smallest absolute Gasteiger partial charge is 0.270 e. The highest BCUT2D eigenvalue weighted by molar-refractivity contribution is 5.98. The number of benzene rings is 2. The fraction of sp³-hybridized carbons (Fsp3) is 0.174. The summed E-state index contributed by atoms with van der Waals surface area (Å²) in [6.45, 7) is 0.845. The van der Waals surface area contributed by atoms with Gasteiger partial charge in [0, 0.05) is 31.9 Å². The summed E-state index contributed by atoms with van der Waals surface area (Å²) in [5.74, 6) is 0.259. The highest BCUT2D eigenvalue weighted by Crippen LogP contribution is 2.12. The van der Waals surface area contributed by atoms with E-state index in [1.165, 1.54) is 12.3 Å². The van der Waals surface area contributed by atoms with Gasteiger partial charge < -0.3 is 15.0 Å². The molecule has 2 amide bonds. The molecular weight excluding hydrogens is 366 g/mol. The number of carbonyl (C=O) groups is 2. The second kappa shape index (κ2) is 9.50. The molecule has 148 valence electrons. The molecule has 3 rings (SSSR count). The SMILES string of the molecule is COc1ccc(CNC(=O)c2cc(C(=O)N(C)Cc3ccccc3)ccn2)cc1. The second-order valence-electron chi connectivity index (χ2n) is 6.61. The maximum absolute atomic E-state index is 12.7. The Morgan fingerprint density at radius 2 is 1.72 bits per heavy atom. The molecule has 0 saturated heterocycles. The first-order chi connectivity index (χ1) is 14.1. The average Bonchev–Trinajstić information content (AvgIpc) is 2.78. The molecule has 0 fully saturated rings. The number of nitrogens with zero attached hydrogens (tertiary/aromatic N) is 2. The van der Waals surface area contributed by atoms with E-state index < -0.39 is 0 Å². The molecule has 2 aromatic carbocycles. The highest BCUT2D eigenvalue weighted by Gasteiger charge is 2.15. The quantitative estimate of drug-likeness (QED) is 0.673. The topological polar surface area (TPSA) is 71.5 Å². The average molecular weight is 389 g/mol. The van der Waals surface area contributed by atoms with Crippen molar-refractivity contribution in [3.05, 3.63) is 95.3 Å². The minimum atomic E-state index is -0.332. The van der Waals surface area contributed by atoms with Crippen LogP contribution in [0.1, 0.15) is 32.0 Å². The van der Waals surface area contributed by atoms with Crippen molar-refractivity contribution in [3.8, 4) is 5.75 Å². The number of hydrogen-bond acceptors (Lipinski definition) is 4. The molecule has 0 radical (unpaired) electrons. The van der Waals surface area contributed by atoms with E-state index >= 15 is 0 Å². The third kappa shape index (κ3) is 5.42. The van der Waals surface area contributed by atoms with Gasteiger partial charge in [0.15, 0.2) is 0 Å². The van der Waals surface area contributed by atoms with Crippen molar-refractivity contribution in [2.45, 2.75) is 13.1 Å². The lowest BCUT2D eigenvalue weighted by Gasteiger charge is -2.17. The largest absolute Gasteiger partial charge is 0.497 e. The second-order valence-corrected chi connectivity index (χ2v) is 6.61. The van der Waals surface area contributed by atoms with Crippen molar-refractivity contribution in [2.24, 2.45) is 0 Å². The zero-order chi connectivity index (χ0) is 20.6. The first-order valence-electron chi connectivity index (χ1n) is 9.23. The van der Waals surface area contributed by atoms with Gasteiger partial charge in [-0.3, -0.25) is 14.6 Å². The van der Waals surface area contributed by atoms with Crippen LogP contribution in [0.4, 0.5) is 0 Å². The van der Waals surface area contributed by atoms with Crippen LogP contribution in [0.5, 0.6) is 5.75 Å². The van der Waals surface area contributed by atoms with Crippen LogP contribution in [-0.4, -0.2) is 35.9 Å². The van der Waals surface area contributed by atoms with E-state index in [2.05, 4.69) is 10.3 Å². The minimum Gasteiger partial charge on any atom is -0.497 e. The van der Waals surface area contributed by atoms with Gasteiger partial charge in [0.05, 0.1) is 7.11 Å². The molecule has 1 N–H and O–H groups in total. The molecule has 29 heavy (non-hydrogen) atoms. The van der Waals surface area contributed by atoms with Crippen LogP contribution >= 0.6 is 0 Å². The highest BCUT2D eigenvalue weighted by atomic mass is 16.5. The van der Waals surface area contributed by atoms with E-state index in [1.807, 2.05) is 54.6 Å². The molecule has 3 aromatic rings. The summed E-state index contributed by atoms with van der Waals surface area (Å²) >= 11 is 0. The minimum absolute atomic E-state index is 0.166. The molecular formula is C23H23N3O3. The van der Waals surface area contributed by atoms with Crippen LogP contribution in [0.15, 0.2) is 72.9 Å². The van der Waals surface area contributed by atoms with Crippen LogP contribution < -0.4 is 10.1 Å². The van der Waals surface area contributed by atoms with Gasteiger partial charge in [0.2, 0.25) is 0 Å². The van der Waals surface area contributed by atoms with Gasteiger partial charge >= 0.3 is 0 Å². The fourth-order valence-corrected chi connectivity index (χ4v) is 2.85. The first kappa shape index (κ1) is 20.1. The standard InChI is InChI=1S/C23H23N3O3/c1-26(16-18-6-4-3-5-7-18)23(28)19-12-13-24-21(14-19)22(27)25-15-17-8-10-20(29-2)11-9-17/h3-14H,15-16H2,1-2H3,(H,25,27). The lowest BCUT2D eigenvalue weighted by molar-refractivity contribution is 0.0785.